The van der Waals surface area contributed by atoms with Gasteiger partial charge in [-0.1, -0.05) is 12.1 Å². The molecule has 1 heterocycles. The van der Waals surface area contributed by atoms with Gasteiger partial charge in [-0.05, 0) is 41.8 Å². The molecule has 0 spiro atoms. The summed E-state index contributed by atoms with van der Waals surface area (Å²) in [6.07, 6.45) is 0.660. The molecule has 0 atom stereocenters. The molecule has 30 heavy (non-hydrogen) atoms. The van der Waals surface area contributed by atoms with Crippen LogP contribution in [0.3, 0.4) is 0 Å². The minimum Gasteiger partial charge on any atom is -0.493 e. The van der Waals surface area contributed by atoms with Crippen LogP contribution in [-0.4, -0.2) is 52.5 Å². The number of rotatable bonds is 9. The van der Waals surface area contributed by atoms with Gasteiger partial charge in [-0.3, -0.25) is 9.59 Å². The molecular formula is C22H25NO7. The van der Waals surface area contributed by atoms with Gasteiger partial charge in [-0.2, -0.15) is 0 Å². The van der Waals surface area contributed by atoms with Gasteiger partial charge in [0.1, 0.15) is 13.2 Å². The zero-order valence-electron chi connectivity index (χ0n) is 17.1. The highest BCUT2D eigenvalue weighted by atomic mass is 16.6. The minimum absolute atomic E-state index is 0.0512. The van der Waals surface area contributed by atoms with E-state index in [1.54, 1.807) is 32.4 Å². The minimum atomic E-state index is -0.485. The maximum absolute atomic E-state index is 12.0. The Bertz CT molecular complexity index is 897. The van der Waals surface area contributed by atoms with E-state index >= 15 is 0 Å². The first-order valence-corrected chi connectivity index (χ1v) is 9.61. The molecule has 0 radical (unpaired) electrons. The van der Waals surface area contributed by atoms with Gasteiger partial charge in [0.2, 0.25) is 0 Å². The summed E-state index contributed by atoms with van der Waals surface area (Å²) >= 11 is 0. The van der Waals surface area contributed by atoms with Gasteiger partial charge in [0.25, 0.3) is 5.91 Å². The summed E-state index contributed by atoms with van der Waals surface area (Å²) in [6.45, 7) is 1.07. The van der Waals surface area contributed by atoms with Crippen molar-refractivity contribution in [2.45, 2.75) is 12.8 Å². The fraction of sp³-hybridized carbons (Fsp3) is 0.364. The quantitative estimate of drug-likeness (QED) is 0.626. The van der Waals surface area contributed by atoms with E-state index in [0.29, 0.717) is 49.2 Å². The van der Waals surface area contributed by atoms with Crippen LogP contribution in [0.2, 0.25) is 0 Å². The summed E-state index contributed by atoms with van der Waals surface area (Å²) in [5, 5.41) is 2.73. The van der Waals surface area contributed by atoms with Crippen LogP contribution in [0.15, 0.2) is 36.4 Å². The Balaban J connectivity index is 1.39. The fourth-order valence-electron chi connectivity index (χ4n) is 2.99. The molecule has 1 aliphatic heterocycles. The van der Waals surface area contributed by atoms with Crippen molar-refractivity contribution in [2.24, 2.45) is 0 Å². The predicted molar refractivity (Wildman–Crippen MR) is 108 cm³/mol. The highest BCUT2D eigenvalue weighted by Crippen LogP contribution is 2.31. The second-order valence-electron chi connectivity index (χ2n) is 6.60. The van der Waals surface area contributed by atoms with E-state index < -0.39 is 5.97 Å². The van der Waals surface area contributed by atoms with Crippen molar-refractivity contribution in [3.05, 3.63) is 47.5 Å². The standard InChI is InChI=1S/C22H25NO7/c1-26-17-5-3-15(11-19(17)27-2)7-8-23-21(24)14-30-22(25)13-16-4-6-18-20(12-16)29-10-9-28-18/h3-6,11-12H,7-10,13-14H2,1-2H3,(H,23,24). The molecule has 0 saturated heterocycles. The van der Waals surface area contributed by atoms with Crippen LogP contribution in [0.5, 0.6) is 23.0 Å². The van der Waals surface area contributed by atoms with Gasteiger partial charge in [0.15, 0.2) is 29.6 Å². The molecule has 0 bridgehead atoms. The number of hydrogen-bond donors (Lipinski definition) is 1. The Hall–Kier alpha value is -3.42. The van der Waals surface area contributed by atoms with Gasteiger partial charge in [0.05, 0.1) is 20.6 Å². The van der Waals surface area contributed by atoms with E-state index in [0.717, 1.165) is 11.1 Å². The van der Waals surface area contributed by atoms with Crippen molar-refractivity contribution >= 4 is 11.9 Å². The molecule has 2 aromatic carbocycles. The Morgan fingerprint density at radius 1 is 0.933 bits per heavy atom. The summed E-state index contributed by atoms with van der Waals surface area (Å²) < 4.78 is 26.5. The van der Waals surface area contributed by atoms with Gasteiger partial charge >= 0.3 is 5.97 Å². The monoisotopic (exact) mass is 415 g/mol. The third-order valence-corrected chi connectivity index (χ3v) is 4.50. The van der Waals surface area contributed by atoms with Crippen LogP contribution in [0, 0.1) is 0 Å². The summed E-state index contributed by atoms with van der Waals surface area (Å²) in [6, 6.07) is 10.9. The van der Waals surface area contributed by atoms with E-state index in [4.69, 9.17) is 23.7 Å². The molecule has 3 rings (SSSR count). The maximum atomic E-state index is 12.0. The smallest absolute Gasteiger partial charge is 0.310 e. The Kier molecular flexibility index (Phi) is 7.37. The largest absolute Gasteiger partial charge is 0.493 e. The Morgan fingerprint density at radius 3 is 2.43 bits per heavy atom. The molecule has 1 aliphatic rings. The van der Waals surface area contributed by atoms with Crippen molar-refractivity contribution in [3.63, 3.8) is 0 Å². The van der Waals surface area contributed by atoms with Crippen LogP contribution in [0.1, 0.15) is 11.1 Å². The van der Waals surface area contributed by atoms with Crippen LogP contribution in [0.25, 0.3) is 0 Å². The van der Waals surface area contributed by atoms with Crippen LogP contribution in [0.4, 0.5) is 0 Å². The number of amides is 1. The second kappa shape index (κ2) is 10.4. The fourth-order valence-corrected chi connectivity index (χ4v) is 2.99. The molecule has 0 unspecified atom stereocenters. The number of fused-ring (bicyclic) bond motifs is 1. The highest BCUT2D eigenvalue weighted by molar-refractivity contribution is 5.81. The summed E-state index contributed by atoms with van der Waals surface area (Å²) in [4.78, 5) is 23.9. The van der Waals surface area contributed by atoms with Gasteiger partial charge in [0, 0.05) is 6.54 Å². The van der Waals surface area contributed by atoms with Crippen molar-refractivity contribution in [1.29, 1.82) is 0 Å². The van der Waals surface area contributed by atoms with Crippen LogP contribution >= 0.6 is 0 Å². The average molecular weight is 415 g/mol. The number of esters is 1. The van der Waals surface area contributed by atoms with Crippen molar-refractivity contribution in [1.82, 2.24) is 5.32 Å². The molecule has 8 heteroatoms. The van der Waals surface area contributed by atoms with E-state index in [-0.39, 0.29) is 18.9 Å². The lowest BCUT2D eigenvalue weighted by molar-refractivity contribution is -0.147. The number of nitrogens with one attached hydrogen (secondary N) is 1. The lowest BCUT2D eigenvalue weighted by atomic mass is 10.1. The summed E-state index contributed by atoms with van der Waals surface area (Å²) in [5.41, 5.74) is 1.72. The number of methoxy groups -OCH3 is 2. The molecule has 0 aliphatic carbocycles. The lowest BCUT2D eigenvalue weighted by Gasteiger charge is -2.18. The number of carbonyl (C=O) groups is 2. The molecular weight excluding hydrogens is 390 g/mol. The molecule has 8 nitrogen and oxygen atoms in total. The zero-order valence-corrected chi connectivity index (χ0v) is 17.1. The third-order valence-electron chi connectivity index (χ3n) is 4.50. The summed E-state index contributed by atoms with van der Waals surface area (Å²) in [7, 11) is 3.15. The first-order chi connectivity index (χ1) is 14.6. The second-order valence-corrected chi connectivity index (χ2v) is 6.60. The first-order valence-electron chi connectivity index (χ1n) is 9.61. The molecule has 160 valence electrons. The van der Waals surface area contributed by atoms with E-state index in [9.17, 15) is 9.59 Å². The zero-order chi connectivity index (χ0) is 21.3. The van der Waals surface area contributed by atoms with Gasteiger partial charge < -0.3 is 29.0 Å². The number of carbonyl (C=O) groups excluding carboxylic acids is 2. The molecule has 0 fully saturated rings. The first kappa shape index (κ1) is 21.3. The highest BCUT2D eigenvalue weighted by Gasteiger charge is 2.14. The normalized spacial score (nSPS) is 12.1. The Labute approximate surface area is 175 Å². The predicted octanol–water partition coefficient (Wildman–Crippen LogP) is 1.92. The van der Waals surface area contributed by atoms with Crippen molar-refractivity contribution in [3.8, 4) is 23.0 Å². The SMILES string of the molecule is COc1ccc(CCNC(=O)COC(=O)Cc2ccc3c(c2)OCCO3)cc1OC. The van der Waals surface area contributed by atoms with Crippen LogP contribution in [-0.2, 0) is 27.2 Å². The van der Waals surface area contributed by atoms with E-state index in [1.165, 1.54) is 0 Å². The number of benzene rings is 2. The van der Waals surface area contributed by atoms with Gasteiger partial charge in [-0.25, -0.2) is 0 Å². The molecule has 2 aromatic rings. The van der Waals surface area contributed by atoms with Crippen LogP contribution < -0.4 is 24.3 Å². The maximum Gasteiger partial charge on any atom is 0.310 e. The molecule has 1 amide bonds. The number of hydrogen-bond acceptors (Lipinski definition) is 7. The van der Waals surface area contributed by atoms with Crippen molar-refractivity contribution < 1.29 is 33.3 Å². The lowest BCUT2D eigenvalue weighted by Crippen LogP contribution is -2.30. The summed E-state index contributed by atoms with van der Waals surface area (Å²) in [5.74, 6) is 1.71. The van der Waals surface area contributed by atoms with Gasteiger partial charge in [-0.15, -0.1) is 0 Å². The van der Waals surface area contributed by atoms with E-state index in [2.05, 4.69) is 5.32 Å². The Morgan fingerprint density at radius 2 is 1.67 bits per heavy atom. The number of ether oxygens (including phenoxy) is 5. The third kappa shape index (κ3) is 5.79. The molecule has 1 N–H and O–H groups in total. The topological polar surface area (TPSA) is 92.3 Å². The van der Waals surface area contributed by atoms with Crippen molar-refractivity contribution in [2.75, 3.05) is 40.6 Å². The van der Waals surface area contributed by atoms with E-state index in [1.807, 2.05) is 18.2 Å². The average Bonchev–Trinajstić information content (AvgIpc) is 2.77. The molecule has 0 aromatic heterocycles. The molecule has 0 saturated carbocycles.